The minimum absolute atomic E-state index is 0.0682. The highest BCUT2D eigenvalue weighted by atomic mass is 16.5. The Hall–Kier alpha value is -3.12. The van der Waals surface area contributed by atoms with Crippen LogP contribution in [0.3, 0.4) is 0 Å². The Morgan fingerprint density at radius 1 is 1.19 bits per heavy atom. The van der Waals surface area contributed by atoms with Crippen molar-refractivity contribution in [2.75, 3.05) is 12.4 Å². The molecule has 0 radical (unpaired) electrons. The van der Waals surface area contributed by atoms with E-state index < -0.39 is 11.5 Å². The largest absolute Gasteiger partial charge is 0.496 e. The van der Waals surface area contributed by atoms with E-state index in [1.807, 2.05) is 13.0 Å². The molecule has 27 heavy (non-hydrogen) atoms. The van der Waals surface area contributed by atoms with Gasteiger partial charge in [0.1, 0.15) is 16.9 Å². The second-order valence-electron chi connectivity index (χ2n) is 6.17. The maximum atomic E-state index is 12.5. The maximum Gasteiger partial charge on any atom is 0.349 e. The highest BCUT2D eigenvalue weighted by Crippen LogP contribution is 2.29. The number of ether oxygens (including phenoxy) is 1. The lowest BCUT2D eigenvalue weighted by Gasteiger charge is -2.11. The van der Waals surface area contributed by atoms with Gasteiger partial charge in [0.05, 0.1) is 13.7 Å². The zero-order valence-electron chi connectivity index (χ0n) is 15.2. The summed E-state index contributed by atoms with van der Waals surface area (Å²) in [6.45, 7) is 1.95. The summed E-state index contributed by atoms with van der Waals surface area (Å²) in [5, 5.41) is 12.4. The van der Waals surface area contributed by atoms with Crippen LogP contribution in [-0.2, 0) is 13.0 Å². The van der Waals surface area contributed by atoms with Crippen molar-refractivity contribution in [3.63, 3.8) is 0 Å². The number of anilines is 1. The summed E-state index contributed by atoms with van der Waals surface area (Å²) in [6.07, 6.45) is 1.57. The average Bonchev–Trinajstić information content (AvgIpc) is 2.68. The molecule has 0 saturated carbocycles. The number of nitrogens with one attached hydrogen (secondary N) is 1. The smallest absolute Gasteiger partial charge is 0.349 e. The van der Waals surface area contributed by atoms with E-state index >= 15 is 0 Å². The van der Waals surface area contributed by atoms with Gasteiger partial charge < -0.3 is 19.6 Å². The van der Waals surface area contributed by atoms with Gasteiger partial charge in [-0.1, -0.05) is 25.5 Å². The molecule has 1 aromatic heterocycles. The molecule has 0 aliphatic carbocycles. The number of methoxy groups -OCH3 is 1. The van der Waals surface area contributed by atoms with E-state index in [9.17, 15) is 9.59 Å². The molecule has 0 aliphatic heterocycles. The van der Waals surface area contributed by atoms with Crippen molar-refractivity contribution in [2.45, 2.75) is 26.4 Å². The Labute approximate surface area is 156 Å². The number of aliphatic hydroxyl groups is 1. The minimum atomic E-state index is -0.697. The van der Waals surface area contributed by atoms with E-state index in [1.165, 1.54) is 6.07 Å². The standard InChI is InChI=1S/C21H21NO5/c1-3-4-16-18(26-2)10-7-14-11-17(21(25)27-19(14)16)20(24)22-15-8-5-13(12-23)6-9-15/h5-11,23H,3-4,12H2,1-2H3,(H,22,24). The molecule has 1 heterocycles. The lowest BCUT2D eigenvalue weighted by Crippen LogP contribution is -2.20. The number of fused-ring (bicyclic) bond motifs is 1. The average molecular weight is 367 g/mol. The van der Waals surface area contributed by atoms with Gasteiger partial charge in [-0.3, -0.25) is 4.79 Å². The molecule has 0 atom stereocenters. The first-order chi connectivity index (χ1) is 13.1. The Bertz CT molecular complexity index is 1020. The molecule has 140 valence electrons. The van der Waals surface area contributed by atoms with Crippen LogP contribution >= 0.6 is 0 Å². The van der Waals surface area contributed by atoms with Crippen LogP contribution in [0.25, 0.3) is 11.0 Å². The number of carbonyl (C=O) groups excluding carboxylic acids is 1. The van der Waals surface area contributed by atoms with Crippen LogP contribution in [-0.4, -0.2) is 18.1 Å². The SMILES string of the molecule is CCCc1c(OC)ccc2cc(C(=O)Nc3ccc(CO)cc3)c(=O)oc12. The van der Waals surface area contributed by atoms with Crippen LogP contribution < -0.4 is 15.7 Å². The third kappa shape index (κ3) is 3.85. The third-order valence-electron chi connectivity index (χ3n) is 4.32. The number of hydrogen-bond acceptors (Lipinski definition) is 5. The Morgan fingerprint density at radius 2 is 1.93 bits per heavy atom. The van der Waals surface area contributed by atoms with Gasteiger partial charge >= 0.3 is 5.63 Å². The minimum Gasteiger partial charge on any atom is -0.496 e. The summed E-state index contributed by atoms with van der Waals surface area (Å²) in [6, 6.07) is 11.8. The fraction of sp³-hybridized carbons (Fsp3) is 0.238. The lowest BCUT2D eigenvalue weighted by molar-refractivity contribution is 0.102. The molecule has 0 aliphatic rings. The first kappa shape index (κ1) is 18.7. The van der Waals surface area contributed by atoms with Crippen molar-refractivity contribution in [3.05, 3.63) is 69.6 Å². The second kappa shape index (κ2) is 8.05. The zero-order chi connectivity index (χ0) is 19.4. The van der Waals surface area contributed by atoms with Gasteiger partial charge in [0.2, 0.25) is 0 Å². The van der Waals surface area contributed by atoms with Crippen LogP contribution in [0.15, 0.2) is 51.7 Å². The monoisotopic (exact) mass is 367 g/mol. The molecule has 0 bridgehead atoms. The van der Waals surface area contributed by atoms with E-state index in [4.69, 9.17) is 14.3 Å². The normalized spacial score (nSPS) is 10.8. The molecule has 6 heteroatoms. The molecule has 2 aromatic carbocycles. The van der Waals surface area contributed by atoms with E-state index in [1.54, 1.807) is 37.4 Å². The molecule has 3 aromatic rings. The van der Waals surface area contributed by atoms with Gasteiger partial charge in [-0.05, 0) is 42.3 Å². The molecule has 0 saturated heterocycles. The van der Waals surface area contributed by atoms with E-state index in [-0.39, 0.29) is 12.2 Å². The summed E-state index contributed by atoms with van der Waals surface area (Å²) in [4.78, 5) is 24.9. The summed E-state index contributed by atoms with van der Waals surface area (Å²) >= 11 is 0. The summed E-state index contributed by atoms with van der Waals surface area (Å²) in [5.74, 6) is 0.115. The van der Waals surface area contributed by atoms with Crippen LogP contribution in [0.4, 0.5) is 5.69 Å². The molecule has 6 nitrogen and oxygen atoms in total. The third-order valence-corrected chi connectivity index (χ3v) is 4.32. The fourth-order valence-electron chi connectivity index (χ4n) is 2.95. The van der Waals surface area contributed by atoms with Crippen LogP contribution in [0.5, 0.6) is 5.75 Å². The van der Waals surface area contributed by atoms with Gasteiger partial charge in [0.15, 0.2) is 0 Å². The van der Waals surface area contributed by atoms with E-state index in [0.717, 1.165) is 17.5 Å². The molecule has 0 spiro atoms. The first-order valence-electron chi connectivity index (χ1n) is 8.72. The fourth-order valence-corrected chi connectivity index (χ4v) is 2.95. The maximum absolute atomic E-state index is 12.5. The van der Waals surface area contributed by atoms with Crippen molar-refractivity contribution in [1.82, 2.24) is 0 Å². The lowest BCUT2D eigenvalue weighted by atomic mass is 10.0. The number of rotatable bonds is 6. The van der Waals surface area contributed by atoms with Gasteiger partial charge in [-0.25, -0.2) is 4.79 Å². The van der Waals surface area contributed by atoms with Gasteiger partial charge in [0, 0.05) is 16.6 Å². The predicted octanol–water partition coefficient (Wildman–Crippen LogP) is 3.50. The number of amides is 1. The molecular weight excluding hydrogens is 346 g/mol. The number of hydrogen-bond donors (Lipinski definition) is 2. The van der Waals surface area contributed by atoms with Gasteiger partial charge in [-0.2, -0.15) is 0 Å². The molecule has 0 fully saturated rings. The second-order valence-corrected chi connectivity index (χ2v) is 6.17. The summed E-state index contributed by atoms with van der Waals surface area (Å²) in [7, 11) is 1.57. The van der Waals surface area contributed by atoms with E-state index in [2.05, 4.69) is 5.32 Å². The number of aryl methyl sites for hydroxylation is 1. The zero-order valence-corrected chi connectivity index (χ0v) is 15.2. The van der Waals surface area contributed by atoms with Crippen molar-refractivity contribution < 1.29 is 19.1 Å². The van der Waals surface area contributed by atoms with Gasteiger partial charge in [0.25, 0.3) is 5.91 Å². The number of benzene rings is 2. The molecule has 2 N–H and O–H groups in total. The summed E-state index contributed by atoms with van der Waals surface area (Å²) < 4.78 is 10.8. The highest BCUT2D eigenvalue weighted by molar-refractivity contribution is 6.05. The van der Waals surface area contributed by atoms with Crippen LogP contribution in [0.1, 0.15) is 34.8 Å². The molecule has 1 amide bonds. The first-order valence-corrected chi connectivity index (χ1v) is 8.72. The Morgan fingerprint density at radius 3 is 2.56 bits per heavy atom. The van der Waals surface area contributed by atoms with Crippen molar-refractivity contribution >= 4 is 22.6 Å². The Balaban J connectivity index is 1.98. The van der Waals surface area contributed by atoms with Crippen molar-refractivity contribution in [2.24, 2.45) is 0 Å². The number of carbonyl (C=O) groups is 1. The van der Waals surface area contributed by atoms with Crippen LogP contribution in [0.2, 0.25) is 0 Å². The Kier molecular flexibility index (Phi) is 5.57. The molecular formula is C21H21NO5. The van der Waals surface area contributed by atoms with Gasteiger partial charge in [-0.15, -0.1) is 0 Å². The molecule has 0 unspecified atom stereocenters. The summed E-state index contributed by atoms with van der Waals surface area (Å²) in [5.41, 5.74) is 1.76. The van der Waals surface area contributed by atoms with Crippen molar-refractivity contribution in [1.29, 1.82) is 0 Å². The highest BCUT2D eigenvalue weighted by Gasteiger charge is 2.17. The number of aliphatic hydroxyl groups excluding tert-OH is 1. The van der Waals surface area contributed by atoms with Crippen molar-refractivity contribution in [3.8, 4) is 5.75 Å². The quantitative estimate of drug-likeness (QED) is 0.651. The predicted molar refractivity (Wildman–Crippen MR) is 103 cm³/mol. The van der Waals surface area contributed by atoms with E-state index in [0.29, 0.717) is 28.8 Å². The topological polar surface area (TPSA) is 88.8 Å². The van der Waals surface area contributed by atoms with Crippen LogP contribution in [0, 0.1) is 0 Å². The molecule has 3 rings (SSSR count).